The lowest BCUT2D eigenvalue weighted by Crippen LogP contribution is -2.30. The van der Waals surface area contributed by atoms with Crippen molar-refractivity contribution in [1.29, 1.82) is 0 Å². The Balaban J connectivity index is 1.66. The fourth-order valence-electron chi connectivity index (χ4n) is 5.13. The van der Waals surface area contributed by atoms with Crippen LogP contribution in [0, 0.1) is 5.92 Å². The van der Waals surface area contributed by atoms with Gasteiger partial charge in [0.1, 0.15) is 11.5 Å². The highest BCUT2D eigenvalue weighted by Crippen LogP contribution is 2.45. The molecule has 32 heavy (non-hydrogen) atoms. The van der Waals surface area contributed by atoms with Crippen molar-refractivity contribution in [3.05, 3.63) is 82.3 Å². The van der Waals surface area contributed by atoms with E-state index in [1.807, 2.05) is 6.08 Å². The summed E-state index contributed by atoms with van der Waals surface area (Å²) in [6, 6.07) is 4.78. The summed E-state index contributed by atoms with van der Waals surface area (Å²) >= 11 is 0. The third kappa shape index (κ3) is 3.77. The predicted octanol–water partition coefficient (Wildman–Crippen LogP) is 5.72. The quantitative estimate of drug-likeness (QED) is 0.558. The van der Waals surface area contributed by atoms with Crippen molar-refractivity contribution in [2.75, 3.05) is 6.61 Å². The molecule has 0 aromatic heterocycles. The molecule has 5 nitrogen and oxygen atoms in total. The van der Waals surface area contributed by atoms with Crippen LogP contribution in [0.5, 0.6) is 11.5 Å². The molecule has 0 fully saturated rings. The van der Waals surface area contributed by atoms with Crippen LogP contribution in [-0.4, -0.2) is 22.5 Å². The van der Waals surface area contributed by atoms with Crippen LogP contribution in [0.4, 0.5) is 0 Å². The summed E-state index contributed by atoms with van der Waals surface area (Å²) in [6.07, 6.45) is 16.7. The fraction of sp³-hybridized carbons (Fsp3) is 0.370. The number of fused-ring (bicyclic) bond motifs is 1. The van der Waals surface area contributed by atoms with Gasteiger partial charge in [0.25, 0.3) is 0 Å². The lowest BCUT2D eigenvalue weighted by atomic mass is 9.71. The number of phenols is 2. The third-order valence-electron chi connectivity index (χ3n) is 6.61. The number of allylic oxidation sites excluding steroid dienone is 9. The Morgan fingerprint density at radius 1 is 1.12 bits per heavy atom. The lowest BCUT2D eigenvalue weighted by molar-refractivity contribution is 0.182. The minimum Gasteiger partial charge on any atom is -0.507 e. The second-order valence-electron chi connectivity index (χ2n) is 8.78. The monoisotopic (exact) mass is 430 g/mol. The molecule has 1 aliphatic heterocycles. The molecule has 3 aliphatic carbocycles. The highest BCUT2D eigenvalue weighted by molar-refractivity contribution is 6.13. The van der Waals surface area contributed by atoms with Gasteiger partial charge in [0.2, 0.25) is 0 Å². The summed E-state index contributed by atoms with van der Waals surface area (Å²) < 4.78 is 5.99. The Hall–Kier alpha value is -3.21. The number of ether oxygens (including phenoxy) is 1. The highest BCUT2D eigenvalue weighted by Gasteiger charge is 2.33. The molecule has 1 heterocycles. The summed E-state index contributed by atoms with van der Waals surface area (Å²) in [5.74, 6) is 1.15. The van der Waals surface area contributed by atoms with Gasteiger partial charge < -0.3 is 20.3 Å². The summed E-state index contributed by atoms with van der Waals surface area (Å²) in [5.41, 5.74) is 6.58. The standard InChI is InChI=1S/C27H30N2O3/c1-2-14-32-24-16-21(28-27(29-24)26-22(30)12-7-13-23(26)31)25-19-10-5-3-8-17(19)15-18-9-4-6-11-20(18)25/h3,6-8,11-13,16,18,27,29-31H,2,4-5,9-10,14-15H2,1H3. The minimum absolute atomic E-state index is 0.0135. The van der Waals surface area contributed by atoms with Gasteiger partial charge in [-0.3, -0.25) is 4.99 Å². The summed E-state index contributed by atoms with van der Waals surface area (Å²) in [6.45, 7) is 2.65. The van der Waals surface area contributed by atoms with Crippen LogP contribution in [0.15, 0.2) is 81.7 Å². The molecule has 0 saturated carbocycles. The Morgan fingerprint density at radius 2 is 1.94 bits per heavy atom. The third-order valence-corrected chi connectivity index (χ3v) is 6.61. The maximum absolute atomic E-state index is 10.5. The molecule has 0 radical (unpaired) electrons. The number of aliphatic imine (C=N–C) groups is 1. The average Bonchev–Trinajstić information content (AvgIpc) is 2.81. The number of rotatable bonds is 5. The summed E-state index contributed by atoms with van der Waals surface area (Å²) in [7, 11) is 0. The van der Waals surface area contributed by atoms with E-state index in [4.69, 9.17) is 9.73 Å². The molecule has 1 aromatic carbocycles. The normalized spacial score (nSPS) is 24.4. The smallest absolute Gasteiger partial charge is 0.190 e. The van der Waals surface area contributed by atoms with Crippen LogP contribution >= 0.6 is 0 Å². The zero-order valence-corrected chi connectivity index (χ0v) is 18.5. The lowest BCUT2D eigenvalue weighted by Gasteiger charge is -2.35. The van der Waals surface area contributed by atoms with Gasteiger partial charge in [-0.2, -0.15) is 0 Å². The summed E-state index contributed by atoms with van der Waals surface area (Å²) in [4.78, 5) is 5.02. The highest BCUT2D eigenvalue weighted by atomic mass is 16.5. The molecule has 0 bridgehead atoms. The first-order valence-corrected chi connectivity index (χ1v) is 11.7. The first-order valence-electron chi connectivity index (χ1n) is 11.7. The van der Waals surface area contributed by atoms with Gasteiger partial charge in [0, 0.05) is 11.6 Å². The van der Waals surface area contributed by atoms with Crippen molar-refractivity contribution < 1.29 is 14.9 Å². The number of phenolic OH excluding ortho intramolecular Hbond substituents is 2. The van der Waals surface area contributed by atoms with Crippen LogP contribution in [0.2, 0.25) is 0 Å². The van der Waals surface area contributed by atoms with Gasteiger partial charge in [-0.05, 0) is 73.3 Å². The SMILES string of the molecule is CCCOC1=CC(C2=C3C=CCCC3CC3=C2CCC=C3)=NC(c2c(O)cccc2O)N1. The van der Waals surface area contributed by atoms with E-state index in [2.05, 4.69) is 36.5 Å². The molecule has 0 spiro atoms. The minimum atomic E-state index is -0.632. The van der Waals surface area contributed by atoms with Crippen LogP contribution in [0.25, 0.3) is 0 Å². The first-order chi connectivity index (χ1) is 15.7. The topological polar surface area (TPSA) is 74.1 Å². The van der Waals surface area contributed by atoms with Gasteiger partial charge >= 0.3 is 0 Å². The van der Waals surface area contributed by atoms with Crippen molar-refractivity contribution in [2.24, 2.45) is 10.9 Å². The summed E-state index contributed by atoms with van der Waals surface area (Å²) in [5, 5.41) is 24.3. The van der Waals surface area contributed by atoms with E-state index in [1.54, 1.807) is 18.2 Å². The molecular weight excluding hydrogens is 400 g/mol. The average molecular weight is 431 g/mol. The van der Waals surface area contributed by atoms with Crippen LogP contribution in [0.3, 0.4) is 0 Å². The first kappa shape index (κ1) is 20.7. The molecule has 0 amide bonds. The number of hydrogen-bond acceptors (Lipinski definition) is 5. The molecule has 0 saturated heterocycles. The molecule has 4 aliphatic rings. The molecule has 5 rings (SSSR count). The van der Waals surface area contributed by atoms with Crippen molar-refractivity contribution in [1.82, 2.24) is 5.32 Å². The second kappa shape index (κ2) is 8.73. The van der Waals surface area contributed by atoms with Crippen LogP contribution in [-0.2, 0) is 4.74 Å². The number of nitrogens with zero attached hydrogens (tertiary/aromatic N) is 1. The Morgan fingerprint density at radius 3 is 2.75 bits per heavy atom. The van der Waals surface area contributed by atoms with Gasteiger partial charge in [0.05, 0.1) is 17.9 Å². The fourth-order valence-corrected chi connectivity index (χ4v) is 5.13. The molecule has 2 atom stereocenters. The van der Waals surface area contributed by atoms with Gasteiger partial charge in [-0.15, -0.1) is 0 Å². The van der Waals surface area contributed by atoms with Crippen LogP contribution < -0.4 is 5.32 Å². The zero-order chi connectivity index (χ0) is 22.1. The Kier molecular flexibility index (Phi) is 5.64. The number of aromatic hydroxyl groups is 2. The number of nitrogens with one attached hydrogen (secondary N) is 1. The van der Waals surface area contributed by atoms with E-state index in [9.17, 15) is 10.2 Å². The van der Waals surface area contributed by atoms with E-state index >= 15 is 0 Å². The van der Waals surface area contributed by atoms with Gasteiger partial charge in [-0.25, -0.2) is 0 Å². The van der Waals surface area contributed by atoms with E-state index in [0.717, 1.165) is 44.2 Å². The molecule has 166 valence electrons. The van der Waals surface area contributed by atoms with E-state index in [1.165, 1.54) is 22.3 Å². The number of hydrogen-bond donors (Lipinski definition) is 3. The molecule has 5 heteroatoms. The Bertz CT molecular complexity index is 1080. The molecule has 3 N–H and O–H groups in total. The van der Waals surface area contributed by atoms with Crippen molar-refractivity contribution in [3.8, 4) is 11.5 Å². The van der Waals surface area contributed by atoms with Crippen LogP contribution in [0.1, 0.15) is 57.2 Å². The zero-order valence-electron chi connectivity index (χ0n) is 18.5. The second-order valence-corrected chi connectivity index (χ2v) is 8.78. The largest absolute Gasteiger partial charge is 0.507 e. The number of benzene rings is 1. The Labute approximate surface area is 189 Å². The van der Waals surface area contributed by atoms with E-state index in [0.29, 0.717) is 24.0 Å². The predicted molar refractivity (Wildman–Crippen MR) is 126 cm³/mol. The molecular formula is C27H30N2O3. The van der Waals surface area contributed by atoms with Crippen molar-refractivity contribution in [3.63, 3.8) is 0 Å². The van der Waals surface area contributed by atoms with E-state index in [-0.39, 0.29) is 11.5 Å². The molecule has 2 unspecified atom stereocenters. The van der Waals surface area contributed by atoms with Crippen molar-refractivity contribution >= 4 is 5.71 Å². The van der Waals surface area contributed by atoms with Gasteiger partial charge in [-0.1, -0.05) is 37.3 Å². The molecule has 1 aromatic rings. The van der Waals surface area contributed by atoms with Gasteiger partial charge in [0.15, 0.2) is 12.0 Å². The van der Waals surface area contributed by atoms with Crippen molar-refractivity contribution in [2.45, 2.75) is 51.6 Å². The maximum atomic E-state index is 10.5. The maximum Gasteiger partial charge on any atom is 0.190 e. The van der Waals surface area contributed by atoms with E-state index < -0.39 is 6.17 Å².